The largest absolute Gasteiger partial charge is 0.467 e. The maximum Gasteiger partial charge on any atom is 0.171 e. The second kappa shape index (κ2) is 7.84. The molecule has 5 nitrogen and oxygen atoms in total. The number of benzene rings is 1. The summed E-state index contributed by atoms with van der Waals surface area (Å²) in [6.45, 7) is 5.27. The van der Waals surface area contributed by atoms with Crippen LogP contribution in [0, 0.1) is 13.8 Å². The standard InChI is InChI=1S/C18H19BrN4OS/c1-12-17(21-18(25)20-10-16-4-3-9-24-16)13(2)23(22-12)11-14-5-7-15(19)8-6-14/h3-9H,10-11H2,1-2H3,(H2,20,21,25). The van der Waals surface area contributed by atoms with Gasteiger partial charge >= 0.3 is 0 Å². The number of rotatable bonds is 5. The summed E-state index contributed by atoms with van der Waals surface area (Å²) in [4.78, 5) is 0. The minimum atomic E-state index is 0.546. The third kappa shape index (κ3) is 4.49. The van der Waals surface area contributed by atoms with Crippen LogP contribution in [0.1, 0.15) is 22.7 Å². The molecule has 0 aliphatic heterocycles. The van der Waals surface area contributed by atoms with Gasteiger partial charge in [-0.25, -0.2) is 0 Å². The van der Waals surface area contributed by atoms with Crippen molar-refractivity contribution >= 4 is 38.9 Å². The van der Waals surface area contributed by atoms with E-state index in [4.69, 9.17) is 16.6 Å². The molecule has 0 saturated carbocycles. The van der Waals surface area contributed by atoms with Crippen LogP contribution in [0.4, 0.5) is 5.69 Å². The number of furan rings is 1. The molecule has 0 amide bonds. The van der Waals surface area contributed by atoms with Gasteiger partial charge in [0.25, 0.3) is 0 Å². The van der Waals surface area contributed by atoms with Crippen LogP contribution < -0.4 is 10.6 Å². The van der Waals surface area contributed by atoms with E-state index < -0.39 is 0 Å². The molecule has 0 spiro atoms. The third-order valence-corrected chi connectivity index (χ3v) is 4.64. The zero-order chi connectivity index (χ0) is 17.8. The average molecular weight is 419 g/mol. The summed E-state index contributed by atoms with van der Waals surface area (Å²) in [6.07, 6.45) is 1.65. The van der Waals surface area contributed by atoms with Crippen molar-refractivity contribution in [1.29, 1.82) is 0 Å². The van der Waals surface area contributed by atoms with Gasteiger partial charge in [-0.15, -0.1) is 0 Å². The van der Waals surface area contributed by atoms with E-state index in [9.17, 15) is 0 Å². The molecule has 0 aliphatic carbocycles. The number of hydrogen-bond acceptors (Lipinski definition) is 3. The van der Waals surface area contributed by atoms with Crippen LogP contribution in [0.25, 0.3) is 0 Å². The predicted molar refractivity (Wildman–Crippen MR) is 107 cm³/mol. The molecule has 3 aromatic rings. The first-order valence-corrected chi connectivity index (χ1v) is 9.08. The normalized spacial score (nSPS) is 10.7. The lowest BCUT2D eigenvalue weighted by Crippen LogP contribution is -2.28. The van der Waals surface area contributed by atoms with Crippen LogP contribution in [0.15, 0.2) is 51.6 Å². The van der Waals surface area contributed by atoms with Crippen LogP contribution in [-0.4, -0.2) is 14.9 Å². The summed E-state index contributed by atoms with van der Waals surface area (Å²) in [5, 5.41) is 11.6. The molecule has 0 bridgehead atoms. The number of aromatic nitrogens is 2. The van der Waals surface area contributed by atoms with Crippen LogP contribution in [-0.2, 0) is 13.1 Å². The second-order valence-corrected chi connectivity index (χ2v) is 7.04. The second-order valence-electron chi connectivity index (χ2n) is 5.72. The molecule has 2 aromatic heterocycles. The molecule has 0 radical (unpaired) electrons. The van der Waals surface area contributed by atoms with Crippen molar-refractivity contribution in [2.75, 3.05) is 5.32 Å². The van der Waals surface area contributed by atoms with Gasteiger partial charge in [0.05, 0.1) is 36.4 Å². The van der Waals surface area contributed by atoms with E-state index in [0.717, 1.165) is 27.3 Å². The van der Waals surface area contributed by atoms with Gasteiger partial charge in [0, 0.05) is 4.47 Å². The molecule has 0 saturated heterocycles. The summed E-state index contributed by atoms with van der Waals surface area (Å²) in [6, 6.07) is 12.0. The van der Waals surface area contributed by atoms with E-state index in [1.54, 1.807) is 6.26 Å². The number of anilines is 1. The Labute approximate surface area is 160 Å². The van der Waals surface area contributed by atoms with Crippen LogP contribution in [0.2, 0.25) is 0 Å². The van der Waals surface area contributed by atoms with Crippen LogP contribution >= 0.6 is 28.1 Å². The number of thiocarbonyl (C=S) groups is 1. The number of hydrogen-bond donors (Lipinski definition) is 2. The number of halogens is 1. The third-order valence-electron chi connectivity index (χ3n) is 3.87. The highest BCUT2D eigenvalue weighted by atomic mass is 79.9. The monoisotopic (exact) mass is 418 g/mol. The van der Waals surface area contributed by atoms with Crippen molar-refractivity contribution in [2.24, 2.45) is 0 Å². The van der Waals surface area contributed by atoms with E-state index in [1.807, 2.05) is 42.8 Å². The molecule has 1 aromatic carbocycles. The van der Waals surface area contributed by atoms with Gasteiger partial charge in [-0.05, 0) is 55.9 Å². The molecular weight excluding hydrogens is 400 g/mol. The Kier molecular flexibility index (Phi) is 5.55. The minimum Gasteiger partial charge on any atom is -0.467 e. The van der Waals surface area contributed by atoms with E-state index in [-0.39, 0.29) is 0 Å². The van der Waals surface area contributed by atoms with Crippen LogP contribution in [0.5, 0.6) is 0 Å². The van der Waals surface area contributed by atoms with Crippen molar-refractivity contribution in [3.8, 4) is 0 Å². The van der Waals surface area contributed by atoms with Gasteiger partial charge in [0.2, 0.25) is 0 Å². The fourth-order valence-electron chi connectivity index (χ4n) is 2.53. The molecule has 0 aliphatic rings. The van der Waals surface area contributed by atoms with Gasteiger partial charge < -0.3 is 15.1 Å². The molecule has 3 rings (SSSR count). The van der Waals surface area contributed by atoms with Crippen molar-refractivity contribution in [2.45, 2.75) is 26.9 Å². The maximum atomic E-state index is 5.38. The quantitative estimate of drug-likeness (QED) is 0.601. The summed E-state index contributed by atoms with van der Waals surface area (Å²) in [5.74, 6) is 0.837. The van der Waals surface area contributed by atoms with E-state index in [2.05, 4.69) is 43.8 Å². The molecule has 0 unspecified atom stereocenters. The highest BCUT2D eigenvalue weighted by Crippen LogP contribution is 2.21. The van der Waals surface area contributed by atoms with Gasteiger partial charge in [-0.1, -0.05) is 28.1 Å². The van der Waals surface area contributed by atoms with Crippen molar-refractivity contribution in [3.05, 3.63) is 69.8 Å². The van der Waals surface area contributed by atoms with Gasteiger partial charge in [-0.2, -0.15) is 5.10 Å². The Bertz CT molecular complexity index is 856. The van der Waals surface area contributed by atoms with Crippen molar-refractivity contribution < 1.29 is 4.42 Å². The average Bonchev–Trinajstić information content (AvgIpc) is 3.19. The lowest BCUT2D eigenvalue weighted by Gasteiger charge is -2.10. The van der Waals surface area contributed by atoms with Gasteiger partial charge in [0.1, 0.15) is 5.76 Å². The summed E-state index contributed by atoms with van der Waals surface area (Å²) >= 11 is 8.83. The number of nitrogens with one attached hydrogen (secondary N) is 2. The number of aryl methyl sites for hydroxylation is 1. The Hall–Kier alpha value is -2.12. The molecular formula is C18H19BrN4OS. The lowest BCUT2D eigenvalue weighted by atomic mass is 10.2. The Morgan fingerprint density at radius 2 is 2.00 bits per heavy atom. The first-order valence-electron chi connectivity index (χ1n) is 7.88. The Balaban J connectivity index is 1.66. The first kappa shape index (κ1) is 17.7. The number of nitrogens with zero attached hydrogens (tertiary/aromatic N) is 2. The first-order chi connectivity index (χ1) is 12.0. The SMILES string of the molecule is Cc1nn(Cc2ccc(Br)cc2)c(C)c1NC(=S)NCc1ccco1. The van der Waals surface area contributed by atoms with Gasteiger partial charge in [-0.3, -0.25) is 4.68 Å². The zero-order valence-corrected chi connectivity index (χ0v) is 16.4. The minimum absolute atomic E-state index is 0.546. The molecule has 2 N–H and O–H groups in total. The predicted octanol–water partition coefficient (Wildman–Crippen LogP) is 4.39. The molecule has 2 heterocycles. The molecule has 130 valence electrons. The maximum absolute atomic E-state index is 5.38. The summed E-state index contributed by atoms with van der Waals surface area (Å²) in [7, 11) is 0. The van der Waals surface area contributed by atoms with E-state index >= 15 is 0 Å². The fraction of sp³-hybridized carbons (Fsp3) is 0.222. The summed E-state index contributed by atoms with van der Waals surface area (Å²) < 4.78 is 8.34. The molecule has 0 fully saturated rings. The molecule has 25 heavy (non-hydrogen) atoms. The highest BCUT2D eigenvalue weighted by molar-refractivity contribution is 9.10. The summed E-state index contributed by atoms with van der Waals surface area (Å²) in [5.41, 5.74) is 4.09. The molecule has 0 atom stereocenters. The van der Waals surface area contributed by atoms with Gasteiger partial charge in [0.15, 0.2) is 5.11 Å². The smallest absolute Gasteiger partial charge is 0.171 e. The zero-order valence-electron chi connectivity index (χ0n) is 14.0. The Morgan fingerprint density at radius 1 is 1.24 bits per heavy atom. The topological polar surface area (TPSA) is 55.0 Å². The highest BCUT2D eigenvalue weighted by Gasteiger charge is 2.13. The van der Waals surface area contributed by atoms with E-state index in [1.165, 1.54) is 5.56 Å². The molecule has 7 heteroatoms. The lowest BCUT2D eigenvalue weighted by molar-refractivity contribution is 0.503. The van der Waals surface area contributed by atoms with Crippen LogP contribution in [0.3, 0.4) is 0 Å². The fourth-order valence-corrected chi connectivity index (χ4v) is 2.97. The van der Waals surface area contributed by atoms with Crippen molar-refractivity contribution in [1.82, 2.24) is 15.1 Å². The Morgan fingerprint density at radius 3 is 2.68 bits per heavy atom. The van der Waals surface area contributed by atoms with E-state index in [0.29, 0.717) is 18.2 Å². The van der Waals surface area contributed by atoms with Crippen molar-refractivity contribution in [3.63, 3.8) is 0 Å².